The number of nitro benzene ring substituents is 1. The van der Waals surface area contributed by atoms with E-state index in [1.54, 1.807) is 0 Å². The van der Waals surface area contributed by atoms with Crippen molar-refractivity contribution >= 4 is 21.6 Å². The van der Waals surface area contributed by atoms with E-state index < -0.39 is 48.6 Å². The molecule has 0 bridgehead atoms. The lowest BCUT2D eigenvalue weighted by Crippen LogP contribution is -2.31. The lowest BCUT2D eigenvalue weighted by Gasteiger charge is -2.08. The Hall–Kier alpha value is -2.88. The molecule has 2 rings (SSSR count). The van der Waals surface area contributed by atoms with Gasteiger partial charge in [-0.05, 0) is 18.2 Å². The number of hydrogen-bond acceptors (Lipinski definition) is 5. The number of nitrogens with one attached hydrogen (secondary N) is 1. The number of amides is 1. The lowest BCUT2D eigenvalue weighted by molar-refractivity contribution is -0.387. The highest BCUT2D eigenvalue weighted by atomic mass is 32.2. The summed E-state index contributed by atoms with van der Waals surface area (Å²) in [5.41, 5.74) is -1.46. The molecule has 0 saturated heterocycles. The van der Waals surface area contributed by atoms with Crippen LogP contribution in [0.2, 0.25) is 0 Å². The standard InChI is InChI=1S/C13H8F2N2O5S/c14-8-5-6-9(10(15)7-8)13(18)16-23(21,22)12-4-2-1-3-11(12)17(19)20/h1-7H,(H,16,18). The van der Waals surface area contributed by atoms with E-state index in [1.165, 1.54) is 16.9 Å². The third-order valence-electron chi connectivity index (χ3n) is 2.75. The van der Waals surface area contributed by atoms with Crippen LogP contribution >= 0.6 is 0 Å². The number of carbonyl (C=O) groups is 1. The third kappa shape index (κ3) is 3.48. The molecule has 0 fully saturated rings. The normalized spacial score (nSPS) is 11.0. The van der Waals surface area contributed by atoms with Gasteiger partial charge in [0.25, 0.3) is 21.6 Å². The monoisotopic (exact) mass is 342 g/mol. The minimum absolute atomic E-state index is 0.409. The summed E-state index contributed by atoms with van der Waals surface area (Å²) in [6.07, 6.45) is 0. The van der Waals surface area contributed by atoms with Crippen molar-refractivity contribution < 1.29 is 26.9 Å². The Morgan fingerprint density at radius 3 is 2.39 bits per heavy atom. The van der Waals surface area contributed by atoms with E-state index in [2.05, 4.69) is 0 Å². The van der Waals surface area contributed by atoms with Gasteiger partial charge in [-0.15, -0.1) is 0 Å². The molecular weight excluding hydrogens is 334 g/mol. The molecule has 0 saturated carbocycles. The van der Waals surface area contributed by atoms with Crippen LogP contribution in [0.5, 0.6) is 0 Å². The smallest absolute Gasteiger partial charge is 0.268 e. The summed E-state index contributed by atoms with van der Waals surface area (Å²) in [5, 5.41) is 10.8. The van der Waals surface area contributed by atoms with Gasteiger partial charge in [-0.3, -0.25) is 14.9 Å². The first-order chi connectivity index (χ1) is 10.7. The van der Waals surface area contributed by atoms with E-state index >= 15 is 0 Å². The number of halogens is 2. The number of sulfonamides is 1. The summed E-state index contributed by atoms with van der Waals surface area (Å²) in [6.45, 7) is 0. The van der Waals surface area contributed by atoms with Crippen LogP contribution in [0.3, 0.4) is 0 Å². The van der Waals surface area contributed by atoms with Gasteiger partial charge >= 0.3 is 0 Å². The summed E-state index contributed by atoms with van der Waals surface area (Å²) in [6, 6.07) is 6.28. The maximum absolute atomic E-state index is 13.5. The van der Waals surface area contributed by atoms with Crippen molar-refractivity contribution in [2.24, 2.45) is 0 Å². The number of nitro groups is 1. The molecule has 23 heavy (non-hydrogen) atoms. The molecule has 0 aliphatic heterocycles. The van der Waals surface area contributed by atoms with E-state index in [9.17, 15) is 32.1 Å². The fourth-order valence-electron chi connectivity index (χ4n) is 1.74. The Bertz CT molecular complexity index is 899. The second kappa shape index (κ2) is 6.08. The predicted molar refractivity (Wildman–Crippen MR) is 74.1 cm³/mol. The number of nitrogens with zero attached hydrogens (tertiary/aromatic N) is 1. The zero-order valence-electron chi connectivity index (χ0n) is 11.2. The molecule has 0 atom stereocenters. The Morgan fingerprint density at radius 2 is 1.78 bits per heavy atom. The van der Waals surface area contributed by atoms with Crippen LogP contribution in [0.25, 0.3) is 0 Å². The zero-order valence-corrected chi connectivity index (χ0v) is 12.0. The molecule has 0 heterocycles. The molecule has 120 valence electrons. The Labute approximate surface area is 128 Å². The van der Waals surface area contributed by atoms with Gasteiger partial charge in [-0.1, -0.05) is 12.1 Å². The molecule has 0 aliphatic rings. The topological polar surface area (TPSA) is 106 Å². The Morgan fingerprint density at radius 1 is 1.13 bits per heavy atom. The van der Waals surface area contributed by atoms with Gasteiger partial charge in [0.1, 0.15) is 11.6 Å². The zero-order chi connectivity index (χ0) is 17.2. The molecule has 7 nitrogen and oxygen atoms in total. The van der Waals surface area contributed by atoms with Crippen molar-refractivity contribution in [2.75, 3.05) is 0 Å². The van der Waals surface area contributed by atoms with Crippen LogP contribution in [0, 0.1) is 21.7 Å². The second-order valence-corrected chi connectivity index (χ2v) is 5.93. The number of carbonyl (C=O) groups excluding carboxylic acids is 1. The van der Waals surface area contributed by atoms with Gasteiger partial charge in [-0.2, -0.15) is 0 Å². The highest BCUT2D eigenvalue weighted by Crippen LogP contribution is 2.23. The van der Waals surface area contributed by atoms with E-state index in [-0.39, 0.29) is 0 Å². The van der Waals surface area contributed by atoms with Crippen molar-refractivity contribution in [3.63, 3.8) is 0 Å². The molecule has 0 spiro atoms. The molecule has 0 unspecified atom stereocenters. The molecule has 1 amide bonds. The molecule has 2 aromatic carbocycles. The molecule has 10 heteroatoms. The second-order valence-electron chi connectivity index (χ2n) is 4.28. The first-order valence-electron chi connectivity index (χ1n) is 5.98. The average Bonchev–Trinajstić information content (AvgIpc) is 2.46. The summed E-state index contributed by atoms with van der Waals surface area (Å²) in [7, 11) is -4.61. The van der Waals surface area contributed by atoms with Crippen LogP contribution in [0.15, 0.2) is 47.4 Å². The highest BCUT2D eigenvalue weighted by molar-refractivity contribution is 7.90. The molecule has 2 aromatic rings. The quantitative estimate of drug-likeness (QED) is 0.675. The fraction of sp³-hybridized carbons (Fsp3) is 0. The van der Waals surface area contributed by atoms with Crippen molar-refractivity contribution in [3.8, 4) is 0 Å². The van der Waals surface area contributed by atoms with Gasteiger partial charge in [0.05, 0.1) is 10.5 Å². The fourth-order valence-corrected chi connectivity index (χ4v) is 2.88. The van der Waals surface area contributed by atoms with Crippen LogP contribution < -0.4 is 4.72 Å². The SMILES string of the molecule is O=C(NS(=O)(=O)c1ccccc1[N+](=O)[O-])c1ccc(F)cc1F. The number of para-hydroxylation sites is 1. The molecule has 0 aromatic heterocycles. The van der Waals surface area contributed by atoms with Crippen LogP contribution in [0.4, 0.5) is 14.5 Å². The summed E-state index contributed by atoms with van der Waals surface area (Å²) >= 11 is 0. The van der Waals surface area contributed by atoms with E-state index in [1.807, 2.05) is 0 Å². The molecule has 0 aliphatic carbocycles. The Kier molecular flexibility index (Phi) is 4.36. The van der Waals surface area contributed by atoms with Crippen molar-refractivity contribution in [1.29, 1.82) is 0 Å². The summed E-state index contributed by atoms with van der Waals surface area (Å²) in [4.78, 5) is 21.0. The van der Waals surface area contributed by atoms with Crippen molar-refractivity contribution in [1.82, 2.24) is 4.72 Å². The van der Waals surface area contributed by atoms with Crippen LogP contribution in [0.1, 0.15) is 10.4 Å². The molecule has 0 radical (unpaired) electrons. The average molecular weight is 342 g/mol. The number of hydrogen-bond donors (Lipinski definition) is 1. The van der Waals surface area contributed by atoms with Gasteiger partial charge < -0.3 is 0 Å². The van der Waals surface area contributed by atoms with E-state index in [4.69, 9.17) is 0 Å². The maximum atomic E-state index is 13.5. The van der Waals surface area contributed by atoms with Crippen LogP contribution in [-0.4, -0.2) is 19.2 Å². The first-order valence-corrected chi connectivity index (χ1v) is 7.46. The van der Waals surface area contributed by atoms with Crippen LogP contribution in [-0.2, 0) is 10.0 Å². The van der Waals surface area contributed by atoms with E-state index in [0.29, 0.717) is 6.07 Å². The van der Waals surface area contributed by atoms with Crippen molar-refractivity contribution in [3.05, 3.63) is 69.8 Å². The van der Waals surface area contributed by atoms with Crippen molar-refractivity contribution in [2.45, 2.75) is 4.90 Å². The maximum Gasteiger partial charge on any atom is 0.289 e. The lowest BCUT2D eigenvalue weighted by atomic mass is 10.2. The predicted octanol–water partition coefficient (Wildman–Crippen LogP) is 1.99. The first kappa shape index (κ1) is 16.5. The van der Waals surface area contributed by atoms with Gasteiger partial charge in [-0.25, -0.2) is 21.9 Å². The molecular formula is C13H8F2N2O5S. The minimum Gasteiger partial charge on any atom is -0.268 e. The largest absolute Gasteiger partial charge is 0.289 e. The third-order valence-corrected chi connectivity index (χ3v) is 4.13. The van der Waals surface area contributed by atoms with Gasteiger partial charge in [0.15, 0.2) is 4.90 Å². The van der Waals surface area contributed by atoms with Gasteiger partial charge in [0.2, 0.25) is 0 Å². The minimum atomic E-state index is -4.61. The van der Waals surface area contributed by atoms with Gasteiger partial charge in [0, 0.05) is 12.1 Å². The highest BCUT2D eigenvalue weighted by Gasteiger charge is 2.28. The Balaban J connectivity index is 2.39. The number of rotatable bonds is 4. The molecule has 1 N–H and O–H groups in total. The summed E-state index contributed by atoms with van der Waals surface area (Å²) < 4.78 is 52.0. The number of benzene rings is 2. The van der Waals surface area contributed by atoms with E-state index in [0.717, 1.165) is 24.3 Å². The summed E-state index contributed by atoms with van der Waals surface area (Å²) in [5.74, 6) is -3.58.